The molecule has 1 fully saturated rings. The highest BCUT2D eigenvalue weighted by Gasteiger charge is 2.44. The van der Waals surface area contributed by atoms with Crippen molar-refractivity contribution in [1.29, 1.82) is 0 Å². The van der Waals surface area contributed by atoms with Crippen molar-refractivity contribution in [1.82, 2.24) is 4.90 Å². The van der Waals surface area contributed by atoms with Crippen LogP contribution in [0.1, 0.15) is 37.8 Å². The topological polar surface area (TPSA) is 59.1 Å². The van der Waals surface area contributed by atoms with Crippen LogP contribution in [0, 0.1) is 5.92 Å². The molecular weight excluding hydrogens is 449 g/mol. The normalized spacial score (nSPS) is 18.5. The first-order valence-electron chi connectivity index (χ1n) is 11.1. The van der Waals surface area contributed by atoms with Gasteiger partial charge in [0.1, 0.15) is 11.5 Å². The molecule has 6 nitrogen and oxygen atoms in total. The molecule has 0 N–H and O–H groups in total. The lowest BCUT2D eigenvalue weighted by Gasteiger charge is -2.42. The number of halogens is 3. The zero-order chi connectivity index (χ0) is 24.9. The van der Waals surface area contributed by atoms with Gasteiger partial charge in [0, 0.05) is 30.8 Å². The zero-order valence-electron chi connectivity index (χ0n) is 19.5. The molecule has 34 heavy (non-hydrogen) atoms. The Bertz CT molecular complexity index is 994. The molecule has 2 atom stereocenters. The van der Waals surface area contributed by atoms with Crippen LogP contribution in [-0.2, 0) is 9.59 Å². The summed E-state index contributed by atoms with van der Waals surface area (Å²) in [6, 6.07) is 13.2. The second-order valence-electron chi connectivity index (χ2n) is 8.08. The average molecular weight is 479 g/mol. The number of para-hydroxylation sites is 1. The molecule has 3 rings (SSSR count). The van der Waals surface area contributed by atoms with E-state index in [-0.39, 0.29) is 25.3 Å². The van der Waals surface area contributed by atoms with Crippen molar-refractivity contribution < 1.29 is 32.2 Å². The SMILES string of the molecule is CCN(CCC(F)(F)F)C(=O)C1CCC(=O)N(c2ccc(OC)cc2)C1c1ccccc1OC. The summed E-state index contributed by atoms with van der Waals surface area (Å²) >= 11 is 0. The fourth-order valence-corrected chi connectivity index (χ4v) is 4.39. The van der Waals surface area contributed by atoms with Crippen molar-refractivity contribution in [3.8, 4) is 11.5 Å². The number of alkyl halides is 3. The Morgan fingerprint density at radius 3 is 2.35 bits per heavy atom. The number of amides is 2. The lowest BCUT2D eigenvalue weighted by atomic mass is 9.82. The van der Waals surface area contributed by atoms with E-state index in [1.54, 1.807) is 60.4 Å². The Morgan fingerprint density at radius 2 is 1.76 bits per heavy atom. The quantitative estimate of drug-likeness (QED) is 0.537. The van der Waals surface area contributed by atoms with Gasteiger partial charge in [-0.05, 0) is 43.7 Å². The number of piperidine rings is 1. The highest BCUT2D eigenvalue weighted by Crippen LogP contribution is 2.44. The summed E-state index contributed by atoms with van der Waals surface area (Å²) in [5, 5.41) is 0. The molecule has 1 aliphatic heterocycles. The fraction of sp³-hybridized carbons (Fsp3) is 0.440. The third kappa shape index (κ3) is 5.63. The Labute approximate surface area is 197 Å². The first-order chi connectivity index (χ1) is 16.2. The van der Waals surface area contributed by atoms with Crippen LogP contribution < -0.4 is 14.4 Å². The summed E-state index contributed by atoms with van der Waals surface area (Å²) < 4.78 is 49.4. The van der Waals surface area contributed by atoms with E-state index in [4.69, 9.17) is 9.47 Å². The third-order valence-electron chi connectivity index (χ3n) is 6.08. The number of carbonyl (C=O) groups is 2. The second kappa shape index (κ2) is 10.8. The largest absolute Gasteiger partial charge is 0.497 e. The Balaban J connectivity index is 2.06. The maximum atomic E-state index is 13.6. The number of hydrogen-bond acceptors (Lipinski definition) is 4. The smallest absolute Gasteiger partial charge is 0.390 e. The predicted octanol–water partition coefficient (Wildman–Crippen LogP) is 4.99. The lowest BCUT2D eigenvalue weighted by Crippen LogP contribution is -2.49. The van der Waals surface area contributed by atoms with Gasteiger partial charge in [0.05, 0.1) is 32.6 Å². The summed E-state index contributed by atoms with van der Waals surface area (Å²) in [5.41, 5.74) is 1.19. The van der Waals surface area contributed by atoms with Gasteiger partial charge in [-0.25, -0.2) is 0 Å². The molecule has 0 saturated carbocycles. The molecule has 1 aliphatic rings. The van der Waals surface area contributed by atoms with Crippen LogP contribution in [0.5, 0.6) is 11.5 Å². The molecule has 0 spiro atoms. The van der Waals surface area contributed by atoms with E-state index in [1.165, 1.54) is 19.1 Å². The minimum atomic E-state index is -4.37. The van der Waals surface area contributed by atoms with E-state index < -0.39 is 37.0 Å². The van der Waals surface area contributed by atoms with Crippen LogP contribution in [-0.4, -0.2) is 50.2 Å². The van der Waals surface area contributed by atoms with Gasteiger partial charge in [0.15, 0.2) is 0 Å². The van der Waals surface area contributed by atoms with Gasteiger partial charge in [0.25, 0.3) is 0 Å². The summed E-state index contributed by atoms with van der Waals surface area (Å²) in [6.07, 6.45) is -5.12. The molecule has 0 bridgehead atoms. The van der Waals surface area contributed by atoms with E-state index in [2.05, 4.69) is 0 Å². The molecular formula is C25H29F3N2O4. The van der Waals surface area contributed by atoms with Crippen LogP contribution in [0.25, 0.3) is 0 Å². The van der Waals surface area contributed by atoms with Crippen molar-refractivity contribution in [3.05, 3.63) is 54.1 Å². The van der Waals surface area contributed by atoms with Crippen molar-refractivity contribution in [2.24, 2.45) is 5.92 Å². The molecule has 1 saturated heterocycles. The van der Waals surface area contributed by atoms with Gasteiger partial charge in [-0.1, -0.05) is 18.2 Å². The Hall–Kier alpha value is -3.23. The standard InChI is InChI=1S/C25H29F3N2O4/c1-4-29(16-15-25(26,27)28)24(32)20-13-14-22(31)30(17-9-11-18(33-2)12-10-17)23(20)19-7-5-6-8-21(19)34-3/h5-12,20,23H,4,13-16H2,1-3H3. The van der Waals surface area contributed by atoms with E-state index in [1.807, 2.05) is 0 Å². The number of methoxy groups -OCH3 is 2. The zero-order valence-corrected chi connectivity index (χ0v) is 19.5. The number of anilines is 1. The van der Waals surface area contributed by atoms with Gasteiger partial charge >= 0.3 is 6.18 Å². The van der Waals surface area contributed by atoms with Crippen LogP contribution in [0.2, 0.25) is 0 Å². The van der Waals surface area contributed by atoms with Crippen molar-refractivity contribution >= 4 is 17.5 Å². The molecule has 1 heterocycles. The van der Waals surface area contributed by atoms with Crippen molar-refractivity contribution in [2.45, 2.75) is 38.4 Å². The van der Waals surface area contributed by atoms with Gasteiger partial charge in [-0.15, -0.1) is 0 Å². The number of nitrogens with zero attached hydrogens (tertiary/aromatic N) is 2. The Kier molecular flexibility index (Phi) is 8.06. The minimum absolute atomic E-state index is 0.102. The van der Waals surface area contributed by atoms with Crippen LogP contribution >= 0.6 is 0 Å². The third-order valence-corrected chi connectivity index (χ3v) is 6.08. The number of hydrogen-bond donors (Lipinski definition) is 0. The average Bonchev–Trinajstić information content (AvgIpc) is 2.83. The maximum absolute atomic E-state index is 13.6. The van der Waals surface area contributed by atoms with Gasteiger partial charge in [-0.2, -0.15) is 13.2 Å². The van der Waals surface area contributed by atoms with Gasteiger partial charge in [0.2, 0.25) is 11.8 Å². The molecule has 0 aliphatic carbocycles. The monoisotopic (exact) mass is 478 g/mol. The van der Waals surface area contributed by atoms with Crippen molar-refractivity contribution in [2.75, 3.05) is 32.2 Å². The first kappa shape index (κ1) is 25.4. The molecule has 2 amide bonds. The highest BCUT2D eigenvalue weighted by atomic mass is 19.4. The number of rotatable bonds is 8. The number of ether oxygens (including phenoxy) is 2. The maximum Gasteiger partial charge on any atom is 0.390 e. The molecule has 0 radical (unpaired) electrons. The van der Waals surface area contributed by atoms with Crippen LogP contribution in [0.4, 0.5) is 18.9 Å². The van der Waals surface area contributed by atoms with Crippen LogP contribution in [0.15, 0.2) is 48.5 Å². The summed E-state index contributed by atoms with van der Waals surface area (Å²) in [5.74, 6) is -0.211. The van der Waals surface area contributed by atoms with Gasteiger partial charge < -0.3 is 19.3 Å². The molecule has 184 valence electrons. The van der Waals surface area contributed by atoms with Gasteiger partial charge in [-0.3, -0.25) is 9.59 Å². The molecule has 0 aromatic heterocycles. The van der Waals surface area contributed by atoms with E-state index >= 15 is 0 Å². The number of carbonyl (C=O) groups excluding carboxylic acids is 2. The molecule has 2 aromatic carbocycles. The summed E-state index contributed by atoms with van der Waals surface area (Å²) in [6.45, 7) is 1.37. The van der Waals surface area contributed by atoms with E-state index in [0.29, 0.717) is 22.7 Å². The molecule has 9 heteroatoms. The minimum Gasteiger partial charge on any atom is -0.497 e. The molecule has 2 unspecified atom stereocenters. The highest BCUT2D eigenvalue weighted by molar-refractivity contribution is 5.97. The fourth-order valence-electron chi connectivity index (χ4n) is 4.39. The molecule has 2 aromatic rings. The van der Waals surface area contributed by atoms with Crippen LogP contribution in [0.3, 0.4) is 0 Å². The van der Waals surface area contributed by atoms with E-state index in [0.717, 1.165) is 0 Å². The predicted molar refractivity (Wildman–Crippen MR) is 122 cm³/mol. The lowest BCUT2D eigenvalue weighted by molar-refractivity contribution is -0.148. The second-order valence-corrected chi connectivity index (χ2v) is 8.08. The summed E-state index contributed by atoms with van der Waals surface area (Å²) in [7, 11) is 3.04. The van der Waals surface area contributed by atoms with E-state index in [9.17, 15) is 22.8 Å². The number of benzene rings is 2. The van der Waals surface area contributed by atoms with Crippen molar-refractivity contribution in [3.63, 3.8) is 0 Å². The first-order valence-corrected chi connectivity index (χ1v) is 11.1. The summed E-state index contributed by atoms with van der Waals surface area (Å²) in [4.78, 5) is 29.5. The Morgan fingerprint density at radius 1 is 1.09 bits per heavy atom.